The number of nitriles is 1. The lowest BCUT2D eigenvalue weighted by atomic mass is 10.2. The van der Waals surface area contributed by atoms with Crippen LogP contribution in [0.1, 0.15) is 12.5 Å². The Bertz CT molecular complexity index is 671. The first kappa shape index (κ1) is 15.0. The van der Waals surface area contributed by atoms with Gasteiger partial charge in [-0.2, -0.15) is 5.26 Å². The fourth-order valence-electron chi connectivity index (χ4n) is 1.49. The van der Waals surface area contributed by atoms with Crippen LogP contribution in [0.5, 0.6) is 11.5 Å². The number of hydrogen-bond donors (Lipinski definition) is 0. The van der Waals surface area contributed by atoms with Crippen molar-refractivity contribution in [3.8, 4) is 17.6 Å². The first-order chi connectivity index (χ1) is 9.63. The summed E-state index contributed by atoms with van der Waals surface area (Å²) >= 11 is 13.3. The fraction of sp³-hybridized carbons (Fsp3) is 0.143. The van der Waals surface area contributed by atoms with E-state index in [1.54, 1.807) is 42.2 Å². The third-order valence-electron chi connectivity index (χ3n) is 2.37. The molecule has 0 aliphatic carbocycles. The molecule has 2 aromatic rings. The second-order valence-electron chi connectivity index (χ2n) is 3.74. The third kappa shape index (κ3) is 3.57. The van der Waals surface area contributed by atoms with Gasteiger partial charge in [-0.25, -0.2) is 4.98 Å². The quantitative estimate of drug-likeness (QED) is 0.728. The molecule has 6 heteroatoms. The molecule has 0 radical (unpaired) electrons. The van der Waals surface area contributed by atoms with E-state index in [1.165, 1.54) is 0 Å². The van der Waals surface area contributed by atoms with E-state index in [1.807, 2.05) is 6.92 Å². The standard InChI is InChI=1S/C14H10Cl2N2OS/c1-2-20-14-5-9(7-17)13(8-18-14)19-10-3-4-11(15)12(16)6-10/h3-6,8H,2H2,1H3. The molecular weight excluding hydrogens is 315 g/mol. The molecule has 0 saturated carbocycles. The van der Waals surface area contributed by atoms with Crippen LogP contribution in [-0.2, 0) is 0 Å². The summed E-state index contributed by atoms with van der Waals surface area (Å²) in [6.45, 7) is 2.03. The first-order valence-electron chi connectivity index (χ1n) is 5.80. The van der Waals surface area contributed by atoms with Gasteiger partial charge in [-0.3, -0.25) is 0 Å². The molecule has 0 amide bonds. The van der Waals surface area contributed by atoms with Crippen molar-refractivity contribution in [2.24, 2.45) is 0 Å². The second kappa shape index (κ2) is 6.85. The van der Waals surface area contributed by atoms with Gasteiger partial charge in [0.2, 0.25) is 0 Å². The first-order valence-corrected chi connectivity index (χ1v) is 7.54. The van der Waals surface area contributed by atoms with Crippen molar-refractivity contribution < 1.29 is 4.74 Å². The molecule has 0 aliphatic rings. The summed E-state index contributed by atoms with van der Waals surface area (Å²) in [5.41, 5.74) is 0.432. The van der Waals surface area contributed by atoms with Gasteiger partial charge in [0.25, 0.3) is 0 Å². The predicted octanol–water partition coefficient (Wildman–Crippen LogP) is 5.16. The van der Waals surface area contributed by atoms with Crippen molar-refractivity contribution in [3.05, 3.63) is 46.1 Å². The average molecular weight is 325 g/mol. The monoisotopic (exact) mass is 324 g/mol. The molecule has 0 fully saturated rings. The Morgan fingerprint density at radius 1 is 1.30 bits per heavy atom. The molecule has 1 aromatic carbocycles. The minimum Gasteiger partial charge on any atom is -0.454 e. The molecule has 3 nitrogen and oxygen atoms in total. The molecule has 20 heavy (non-hydrogen) atoms. The van der Waals surface area contributed by atoms with Crippen LogP contribution in [0.2, 0.25) is 10.0 Å². The average Bonchev–Trinajstić information content (AvgIpc) is 2.45. The van der Waals surface area contributed by atoms with Gasteiger partial charge >= 0.3 is 0 Å². The van der Waals surface area contributed by atoms with Gasteiger partial charge in [-0.1, -0.05) is 30.1 Å². The van der Waals surface area contributed by atoms with E-state index in [4.69, 9.17) is 27.9 Å². The largest absolute Gasteiger partial charge is 0.454 e. The van der Waals surface area contributed by atoms with Crippen LogP contribution in [-0.4, -0.2) is 10.7 Å². The van der Waals surface area contributed by atoms with Crippen molar-refractivity contribution in [3.63, 3.8) is 0 Å². The van der Waals surface area contributed by atoms with Crippen LogP contribution in [0.15, 0.2) is 35.5 Å². The lowest BCUT2D eigenvalue weighted by molar-refractivity contribution is 0.477. The third-order valence-corrected chi connectivity index (χ3v) is 3.92. The highest BCUT2D eigenvalue weighted by Crippen LogP contribution is 2.31. The maximum Gasteiger partial charge on any atom is 0.163 e. The Kier molecular flexibility index (Phi) is 5.13. The summed E-state index contributed by atoms with van der Waals surface area (Å²) in [4.78, 5) is 4.24. The molecule has 1 heterocycles. The molecule has 0 bridgehead atoms. The van der Waals surface area contributed by atoms with Gasteiger partial charge in [-0.15, -0.1) is 11.8 Å². The van der Waals surface area contributed by atoms with Gasteiger partial charge < -0.3 is 4.74 Å². The molecule has 1 aromatic heterocycles. The fourth-order valence-corrected chi connectivity index (χ4v) is 2.40. The highest BCUT2D eigenvalue weighted by Gasteiger charge is 2.08. The molecule has 2 rings (SSSR count). The highest BCUT2D eigenvalue weighted by molar-refractivity contribution is 7.99. The van der Waals surface area contributed by atoms with Crippen molar-refractivity contribution in [2.45, 2.75) is 11.9 Å². The Morgan fingerprint density at radius 2 is 2.10 bits per heavy atom. The van der Waals surface area contributed by atoms with Crippen LogP contribution in [0.3, 0.4) is 0 Å². The van der Waals surface area contributed by atoms with E-state index >= 15 is 0 Å². The van der Waals surface area contributed by atoms with Crippen LogP contribution in [0.25, 0.3) is 0 Å². The predicted molar refractivity (Wildman–Crippen MR) is 81.9 cm³/mol. The number of aromatic nitrogens is 1. The van der Waals surface area contributed by atoms with E-state index in [2.05, 4.69) is 11.1 Å². The molecule has 102 valence electrons. The SMILES string of the molecule is CCSc1cc(C#N)c(Oc2ccc(Cl)c(Cl)c2)cn1. The van der Waals surface area contributed by atoms with Gasteiger partial charge in [0.05, 0.1) is 26.8 Å². The molecule has 0 unspecified atom stereocenters. The van der Waals surface area contributed by atoms with Crippen molar-refractivity contribution in [2.75, 3.05) is 5.75 Å². The number of rotatable bonds is 4. The summed E-state index contributed by atoms with van der Waals surface area (Å²) in [6.07, 6.45) is 1.54. The van der Waals surface area contributed by atoms with Gasteiger partial charge in [0.1, 0.15) is 11.8 Å². The number of halogens is 2. The van der Waals surface area contributed by atoms with Crippen LogP contribution >= 0.6 is 35.0 Å². The van der Waals surface area contributed by atoms with Crippen LogP contribution < -0.4 is 4.74 Å². The molecule has 0 N–H and O–H groups in total. The number of pyridine rings is 1. The topological polar surface area (TPSA) is 45.9 Å². The zero-order valence-corrected chi connectivity index (χ0v) is 12.9. The number of ether oxygens (including phenoxy) is 1. The lowest BCUT2D eigenvalue weighted by Gasteiger charge is -2.08. The molecule has 0 aliphatic heterocycles. The zero-order chi connectivity index (χ0) is 14.5. The Morgan fingerprint density at radius 3 is 2.75 bits per heavy atom. The molecular formula is C14H10Cl2N2OS. The zero-order valence-electron chi connectivity index (χ0n) is 10.6. The minimum absolute atomic E-state index is 0.395. The van der Waals surface area contributed by atoms with Gasteiger partial charge in [0, 0.05) is 6.07 Å². The number of thioether (sulfide) groups is 1. The number of benzene rings is 1. The Hall–Kier alpha value is -1.41. The summed E-state index contributed by atoms with van der Waals surface area (Å²) in [6, 6.07) is 8.73. The molecule has 0 spiro atoms. The van der Waals surface area contributed by atoms with Crippen LogP contribution in [0, 0.1) is 11.3 Å². The molecule has 0 saturated heterocycles. The Labute approximate surface area is 131 Å². The summed E-state index contributed by atoms with van der Waals surface area (Å²) in [5, 5.41) is 10.8. The van der Waals surface area contributed by atoms with Gasteiger partial charge in [0.15, 0.2) is 5.75 Å². The van der Waals surface area contributed by atoms with E-state index in [0.717, 1.165) is 10.8 Å². The smallest absolute Gasteiger partial charge is 0.163 e. The van der Waals surface area contributed by atoms with Crippen molar-refractivity contribution in [1.29, 1.82) is 5.26 Å². The lowest BCUT2D eigenvalue weighted by Crippen LogP contribution is -1.91. The van der Waals surface area contributed by atoms with E-state index in [0.29, 0.717) is 27.1 Å². The highest BCUT2D eigenvalue weighted by atomic mass is 35.5. The minimum atomic E-state index is 0.395. The van der Waals surface area contributed by atoms with Crippen molar-refractivity contribution >= 4 is 35.0 Å². The number of hydrogen-bond acceptors (Lipinski definition) is 4. The summed E-state index contributed by atoms with van der Waals surface area (Å²) in [5.74, 6) is 1.80. The second-order valence-corrected chi connectivity index (χ2v) is 5.84. The summed E-state index contributed by atoms with van der Waals surface area (Å²) < 4.78 is 5.63. The summed E-state index contributed by atoms with van der Waals surface area (Å²) in [7, 11) is 0. The van der Waals surface area contributed by atoms with E-state index in [-0.39, 0.29) is 0 Å². The maximum absolute atomic E-state index is 9.17. The van der Waals surface area contributed by atoms with Gasteiger partial charge in [-0.05, 0) is 24.0 Å². The van der Waals surface area contributed by atoms with E-state index in [9.17, 15) is 5.26 Å². The number of nitrogens with zero attached hydrogens (tertiary/aromatic N) is 2. The molecule has 0 atom stereocenters. The Balaban J connectivity index is 2.28. The van der Waals surface area contributed by atoms with E-state index < -0.39 is 0 Å². The maximum atomic E-state index is 9.17. The normalized spacial score (nSPS) is 10.1. The van der Waals surface area contributed by atoms with Crippen LogP contribution in [0.4, 0.5) is 0 Å². The van der Waals surface area contributed by atoms with Crippen molar-refractivity contribution in [1.82, 2.24) is 4.98 Å².